The molecule has 1 aliphatic heterocycles. The van der Waals surface area contributed by atoms with Crippen LogP contribution in [0.4, 0.5) is 11.4 Å². The van der Waals surface area contributed by atoms with Gasteiger partial charge in [0.25, 0.3) is 0 Å². The van der Waals surface area contributed by atoms with Gasteiger partial charge in [-0.1, -0.05) is 0 Å². The standard InChI is InChI=1S/C19H19N3O3/c1-19(2)14-10-13(5-6-15(14)22-18(19)25)21-17(24)8-7-16(23)12-4-3-9-20-11-12/h3-6,9-11H,7-8H2,1-2H3,(H,21,24)(H,22,25). The van der Waals surface area contributed by atoms with Crippen LogP contribution in [-0.2, 0) is 15.0 Å². The number of benzene rings is 1. The van der Waals surface area contributed by atoms with Crippen LogP contribution >= 0.6 is 0 Å². The molecule has 1 aromatic carbocycles. The molecular weight excluding hydrogens is 318 g/mol. The van der Waals surface area contributed by atoms with Gasteiger partial charge in [0, 0.05) is 42.2 Å². The molecule has 0 radical (unpaired) electrons. The maximum Gasteiger partial charge on any atom is 0.234 e. The molecule has 1 aliphatic rings. The Hall–Kier alpha value is -3.02. The first kappa shape index (κ1) is 16.8. The highest BCUT2D eigenvalue weighted by Gasteiger charge is 2.38. The molecule has 1 aromatic heterocycles. The van der Waals surface area contributed by atoms with Gasteiger partial charge in [0.1, 0.15) is 0 Å². The van der Waals surface area contributed by atoms with Crippen LogP contribution in [0.15, 0.2) is 42.7 Å². The SMILES string of the molecule is CC1(C)C(=O)Nc2ccc(NC(=O)CCC(=O)c3cccnc3)cc21. The fraction of sp³-hybridized carbons (Fsp3) is 0.263. The van der Waals surface area contributed by atoms with Gasteiger partial charge < -0.3 is 10.6 Å². The summed E-state index contributed by atoms with van der Waals surface area (Å²) in [5.74, 6) is -0.423. The topological polar surface area (TPSA) is 88.2 Å². The van der Waals surface area contributed by atoms with E-state index in [1.807, 2.05) is 13.8 Å². The summed E-state index contributed by atoms with van der Waals surface area (Å²) in [5.41, 5.74) is 2.09. The third-order valence-corrected chi connectivity index (χ3v) is 4.36. The minimum absolute atomic E-state index is 0.0620. The highest BCUT2D eigenvalue weighted by molar-refractivity contribution is 6.06. The van der Waals surface area contributed by atoms with Gasteiger partial charge in [-0.15, -0.1) is 0 Å². The molecule has 128 valence electrons. The van der Waals surface area contributed by atoms with Gasteiger partial charge in [0.05, 0.1) is 5.41 Å². The van der Waals surface area contributed by atoms with Crippen molar-refractivity contribution in [2.24, 2.45) is 0 Å². The minimum Gasteiger partial charge on any atom is -0.326 e. The number of nitrogens with one attached hydrogen (secondary N) is 2. The molecule has 2 amide bonds. The Labute approximate surface area is 145 Å². The Bertz CT molecular complexity index is 844. The number of rotatable bonds is 5. The number of Topliss-reactive ketones (excluding diaryl/α,β-unsaturated/α-hetero) is 1. The number of pyridine rings is 1. The van der Waals surface area contributed by atoms with Crippen molar-refractivity contribution in [1.82, 2.24) is 4.98 Å². The lowest BCUT2D eigenvalue weighted by molar-refractivity contribution is -0.119. The lowest BCUT2D eigenvalue weighted by Gasteiger charge is -2.16. The first-order valence-corrected chi connectivity index (χ1v) is 8.07. The third kappa shape index (κ3) is 3.42. The van der Waals surface area contributed by atoms with E-state index in [4.69, 9.17) is 0 Å². The molecule has 0 aliphatic carbocycles. The van der Waals surface area contributed by atoms with Gasteiger partial charge in [-0.2, -0.15) is 0 Å². The number of nitrogens with zero attached hydrogens (tertiary/aromatic N) is 1. The molecule has 2 aromatic rings. The molecule has 0 saturated heterocycles. The number of fused-ring (bicyclic) bond motifs is 1. The maximum absolute atomic E-state index is 12.1. The Morgan fingerprint density at radius 2 is 2.00 bits per heavy atom. The molecular formula is C19H19N3O3. The van der Waals surface area contributed by atoms with E-state index in [1.165, 1.54) is 6.20 Å². The molecule has 0 unspecified atom stereocenters. The summed E-state index contributed by atoms with van der Waals surface area (Å²) in [6.07, 6.45) is 3.30. The van der Waals surface area contributed by atoms with Crippen LogP contribution in [0.2, 0.25) is 0 Å². The van der Waals surface area contributed by atoms with Gasteiger partial charge >= 0.3 is 0 Å². The number of hydrogen-bond acceptors (Lipinski definition) is 4. The third-order valence-electron chi connectivity index (χ3n) is 4.36. The Balaban J connectivity index is 1.62. The number of carbonyl (C=O) groups excluding carboxylic acids is 3. The van der Waals surface area contributed by atoms with Crippen LogP contribution in [0.5, 0.6) is 0 Å². The van der Waals surface area contributed by atoms with Crippen LogP contribution in [-0.4, -0.2) is 22.6 Å². The van der Waals surface area contributed by atoms with Gasteiger partial charge in [0.2, 0.25) is 11.8 Å². The zero-order valence-corrected chi connectivity index (χ0v) is 14.1. The van der Waals surface area contributed by atoms with Crippen LogP contribution in [0.1, 0.15) is 42.6 Å². The van der Waals surface area contributed by atoms with Crippen molar-refractivity contribution in [3.63, 3.8) is 0 Å². The second-order valence-electron chi connectivity index (χ2n) is 6.55. The lowest BCUT2D eigenvalue weighted by Crippen LogP contribution is -2.26. The lowest BCUT2D eigenvalue weighted by atomic mass is 9.86. The fourth-order valence-electron chi connectivity index (χ4n) is 2.77. The van der Waals surface area contributed by atoms with Gasteiger partial charge in [0.15, 0.2) is 5.78 Å². The fourth-order valence-corrected chi connectivity index (χ4v) is 2.77. The van der Waals surface area contributed by atoms with E-state index in [2.05, 4.69) is 15.6 Å². The van der Waals surface area contributed by atoms with Gasteiger partial charge in [-0.3, -0.25) is 19.4 Å². The number of anilines is 2. The van der Waals surface area contributed by atoms with Crippen molar-refractivity contribution >= 4 is 29.0 Å². The molecule has 0 fully saturated rings. The summed E-state index contributed by atoms with van der Waals surface area (Å²) < 4.78 is 0. The summed E-state index contributed by atoms with van der Waals surface area (Å²) in [6, 6.07) is 8.68. The van der Waals surface area contributed by atoms with E-state index < -0.39 is 5.41 Å². The van der Waals surface area contributed by atoms with E-state index in [0.29, 0.717) is 11.3 Å². The smallest absolute Gasteiger partial charge is 0.234 e. The zero-order chi connectivity index (χ0) is 18.0. The second-order valence-corrected chi connectivity index (χ2v) is 6.55. The highest BCUT2D eigenvalue weighted by atomic mass is 16.2. The van der Waals surface area contributed by atoms with Gasteiger partial charge in [-0.05, 0) is 49.7 Å². The van der Waals surface area contributed by atoms with Crippen molar-refractivity contribution in [3.05, 3.63) is 53.9 Å². The van der Waals surface area contributed by atoms with E-state index >= 15 is 0 Å². The molecule has 25 heavy (non-hydrogen) atoms. The summed E-state index contributed by atoms with van der Waals surface area (Å²) in [4.78, 5) is 40.0. The minimum atomic E-state index is -0.633. The highest BCUT2D eigenvalue weighted by Crippen LogP contribution is 2.38. The zero-order valence-electron chi connectivity index (χ0n) is 14.1. The number of aromatic nitrogens is 1. The Morgan fingerprint density at radius 1 is 1.20 bits per heavy atom. The van der Waals surface area contributed by atoms with Crippen LogP contribution in [0, 0.1) is 0 Å². The van der Waals surface area contributed by atoms with Gasteiger partial charge in [-0.25, -0.2) is 0 Å². The average molecular weight is 337 g/mol. The predicted molar refractivity (Wildman–Crippen MR) is 94.5 cm³/mol. The summed E-state index contributed by atoms with van der Waals surface area (Å²) in [7, 11) is 0. The van der Waals surface area contributed by atoms with Crippen molar-refractivity contribution in [3.8, 4) is 0 Å². The maximum atomic E-state index is 12.1. The summed E-state index contributed by atoms with van der Waals surface area (Å²) >= 11 is 0. The molecule has 3 rings (SSSR count). The van der Waals surface area contributed by atoms with Crippen LogP contribution < -0.4 is 10.6 Å². The van der Waals surface area contributed by atoms with E-state index in [0.717, 1.165) is 11.3 Å². The first-order chi connectivity index (χ1) is 11.9. The van der Waals surface area contributed by atoms with Crippen molar-refractivity contribution in [2.45, 2.75) is 32.1 Å². The molecule has 0 saturated carbocycles. The number of amides is 2. The number of carbonyl (C=O) groups is 3. The van der Waals surface area contributed by atoms with E-state index in [9.17, 15) is 14.4 Å². The Kier molecular flexibility index (Phi) is 4.35. The normalized spacial score (nSPS) is 14.6. The quantitative estimate of drug-likeness (QED) is 0.821. The van der Waals surface area contributed by atoms with E-state index in [1.54, 1.807) is 36.5 Å². The predicted octanol–water partition coefficient (Wildman–Crippen LogP) is 2.91. The molecule has 0 bridgehead atoms. The van der Waals surface area contributed by atoms with Crippen LogP contribution in [0.25, 0.3) is 0 Å². The van der Waals surface area contributed by atoms with Crippen molar-refractivity contribution in [1.29, 1.82) is 0 Å². The largest absolute Gasteiger partial charge is 0.326 e. The molecule has 6 heteroatoms. The molecule has 2 heterocycles. The number of ketones is 1. The average Bonchev–Trinajstić information content (AvgIpc) is 2.83. The van der Waals surface area contributed by atoms with Crippen LogP contribution in [0.3, 0.4) is 0 Å². The molecule has 6 nitrogen and oxygen atoms in total. The monoisotopic (exact) mass is 337 g/mol. The Morgan fingerprint density at radius 3 is 2.72 bits per heavy atom. The summed E-state index contributed by atoms with van der Waals surface area (Å²) in [5, 5.41) is 5.61. The van der Waals surface area contributed by atoms with E-state index in [-0.39, 0.29) is 30.4 Å². The number of hydrogen-bond donors (Lipinski definition) is 2. The summed E-state index contributed by atoms with van der Waals surface area (Å²) in [6.45, 7) is 3.68. The molecule has 0 spiro atoms. The first-order valence-electron chi connectivity index (χ1n) is 8.07. The molecule has 0 atom stereocenters. The van der Waals surface area contributed by atoms with Crippen molar-refractivity contribution < 1.29 is 14.4 Å². The molecule has 2 N–H and O–H groups in total. The van der Waals surface area contributed by atoms with Crippen molar-refractivity contribution in [2.75, 3.05) is 10.6 Å². The second kappa shape index (κ2) is 6.47.